The molecule has 8 heteroatoms. The largest absolute Gasteiger partial charge is 0.450 e. The third-order valence-corrected chi connectivity index (χ3v) is 3.09. The summed E-state index contributed by atoms with van der Waals surface area (Å²) in [6, 6.07) is 10.3. The minimum absolute atomic E-state index is 0.0490. The monoisotopic (exact) mass is 333 g/mol. The first kappa shape index (κ1) is 17.2. The Bertz CT molecular complexity index is 752. The van der Waals surface area contributed by atoms with Crippen LogP contribution in [-0.2, 0) is 11.3 Å². The Hall–Kier alpha value is -3.16. The molecule has 2 N–H and O–H groups in total. The van der Waals surface area contributed by atoms with E-state index in [2.05, 4.69) is 10.6 Å². The van der Waals surface area contributed by atoms with E-state index in [-0.39, 0.29) is 30.3 Å². The lowest BCUT2D eigenvalue weighted by Crippen LogP contribution is -2.14. The van der Waals surface area contributed by atoms with Gasteiger partial charge in [-0.3, -0.25) is 15.4 Å². The number of anilines is 2. The third kappa shape index (κ3) is 4.67. The molecule has 24 heavy (non-hydrogen) atoms. The molecule has 7 nitrogen and oxygen atoms in total. The molecule has 0 fully saturated rings. The molecule has 0 aliphatic carbocycles. The molecule has 0 aliphatic rings. The summed E-state index contributed by atoms with van der Waals surface area (Å²) in [6.45, 7) is 2.06. The Morgan fingerprint density at radius 3 is 2.75 bits per heavy atom. The summed E-state index contributed by atoms with van der Waals surface area (Å²) in [7, 11) is 0. The van der Waals surface area contributed by atoms with Gasteiger partial charge in [0.2, 0.25) is 0 Å². The summed E-state index contributed by atoms with van der Waals surface area (Å²) in [5.41, 5.74) is 0.973. The zero-order valence-electron chi connectivity index (χ0n) is 12.9. The van der Waals surface area contributed by atoms with Gasteiger partial charge < -0.3 is 10.1 Å². The van der Waals surface area contributed by atoms with E-state index in [4.69, 9.17) is 4.74 Å². The van der Waals surface area contributed by atoms with Crippen LogP contribution >= 0.6 is 0 Å². The average molecular weight is 333 g/mol. The van der Waals surface area contributed by atoms with Crippen LogP contribution in [0.5, 0.6) is 0 Å². The maximum absolute atomic E-state index is 13.1. The van der Waals surface area contributed by atoms with Crippen molar-refractivity contribution in [1.82, 2.24) is 0 Å². The van der Waals surface area contributed by atoms with E-state index in [9.17, 15) is 19.3 Å². The van der Waals surface area contributed by atoms with E-state index >= 15 is 0 Å². The van der Waals surface area contributed by atoms with Gasteiger partial charge in [0, 0.05) is 18.3 Å². The quantitative estimate of drug-likeness (QED) is 0.617. The molecule has 0 unspecified atom stereocenters. The number of hydrogen-bond acceptors (Lipinski definition) is 5. The molecule has 0 heterocycles. The van der Waals surface area contributed by atoms with Gasteiger partial charge in [-0.1, -0.05) is 12.1 Å². The number of ether oxygens (including phenoxy) is 1. The van der Waals surface area contributed by atoms with E-state index in [1.54, 1.807) is 25.1 Å². The highest BCUT2D eigenvalue weighted by Crippen LogP contribution is 2.26. The van der Waals surface area contributed by atoms with Crippen LogP contribution in [0.25, 0.3) is 0 Å². The molecule has 0 aromatic heterocycles. The average Bonchev–Trinajstić information content (AvgIpc) is 2.54. The molecule has 2 aromatic rings. The first-order valence-electron chi connectivity index (χ1n) is 7.20. The number of nitrogens with one attached hydrogen (secondary N) is 2. The lowest BCUT2D eigenvalue weighted by Gasteiger charge is -2.09. The van der Waals surface area contributed by atoms with Crippen LogP contribution in [0.3, 0.4) is 0 Å². The van der Waals surface area contributed by atoms with E-state index in [1.165, 1.54) is 24.3 Å². The predicted molar refractivity (Wildman–Crippen MR) is 87.5 cm³/mol. The molecular formula is C16H16FN3O4. The highest BCUT2D eigenvalue weighted by atomic mass is 19.1. The topological polar surface area (TPSA) is 93.5 Å². The molecule has 2 rings (SSSR count). The fourth-order valence-corrected chi connectivity index (χ4v) is 2.02. The second kappa shape index (κ2) is 7.91. The fourth-order valence-electron chi connectivity index (χ4n) is 2.02. The number of nitro groups is 1. The van der Waals surface area contributed by atoms with Gasteiger partial charge in [-0.15, -0.1) is 0 Å². The van der Waals surface area contributed by atoms with Crippen LogP contribution in [0.2, 0.25) is 0 Å². The number of nitro benzene ring substituents is 1. The molecule has 0 bridgehead atoms. The van der Waals surface area contributed by atoms with Gasteiger partial charge in [0.05, 0.1) is 11.5 Å². The molecule has 0 radical (unpaired) electrons. The Kier molecular flexibility index (Phi) is 5.67. The van der Waals surface area contributed by atoms with Gasteiger partial charge in [-0.25, -0.2) is 9.18 Å². The summed E-state index contributed by atoms with van der Waals surface area (Å²) in [5.74, 6) is -0.375. The first-order valence-corrected chi connectivity index (χ1v) is 7.20. The van der Waals surface area contributed by atoms with E-state index < -0.39 is 11.0 Å². The van der Waals surface area contributed by atoms with Gasteiger partial charge >= 0.3 is 6.09 Å². The zero-order chi connectivity index (χ0) is 17.5. The van der Waals surface area contributed by atoms with Crippen LogP contribution in [0, 0.1) is 15.9 Å². The van der Waals surface area contributed by atoms with Crippen LogP contribution in [0.1, 0.15) is 12.5 Å². The smallest absolute Gasteiger partial charge is 0.411 e. The second-order valence-corrected chi connectivity index (χ2v) is 4.82. The van der Waals surface area contributed by atoms with Crippen molar-refractivity contribution >= 4 is 23.2 Å². The van der Waals surface area contributed by atoms with Crippen molar-refractivity contribution in [3.05, 3.63) is 64.0 Å². The molecule has 2 aromatic carbocycles. The van der Waals surface area contributed by atoms with Crippen molar-refractivity contribution in [2.24, 2.45) is 0 Å². The SMILES string of the molecule is CCOC(=O)Nc1ccc(CNc2cccc(F)c2)cc1[N+](=O)[O-]. The maximum Gasteiger partial charge on any atom is 0.411 e. The van der Waals surface area contributed by atoms with Crippen LogP contribution in [0.4, 0.5) is 26.2 Å². The molecule has 1 amide bonds. The molecular weight excluding hydrogens is 317 g/mol. The van der Waals surface area contributed by atoms with E-state index in [0.29, 0.717) is 11.3 Å². The van der Waals surface area contributed by atoms with E-state index in [1.807, 2.05) is 0 Å². The number of halogens is 1. The zero-order valence-corrected chi connectivity index (χ0v) is 12.9. The normalized spacial score (nSPS) is 10.1. The number of rotatable bonds is 6. The molecule has 0 spiro atoms. The summed E-state index contributed by atoms with van der Waals surface area (Å²) in [5, 5.41) is 16.5. The van der Waals surface area contributed by atoms with Crippen molar-refractivity contribution in [3.8, 4) is 0 Å². The Balaban J connectivity index is 2.13. The minimum Gasteiger partial charge on any atom is -0.450 e. The van der Waals surface area contributed by atoms with Crippen LogP contribution in [0.15, 0.2) is 42.5 Å². The Labute approximate surface area is 137 Å². The molecule has 0 saturated carbocycles. The Morgan fingerprint density at radius 1 is 1.29 bits per heavy atom. The lowest BCUT2D eigenvalue weighted by atomic mass is 10.1. The summed E-state index contributed by atoms with van der Waals surface area (Å²) >= 11 is 0. The van der Waals surface area contributed by atoms with Crippen molar-refractivity contribution < 1.29 is 18.8 Å². The predicted octanol–water partition coefficient (Wildman–Crippen LogP) is 3.91. The van der Waals surface area contributed by atoms with Gasteiger partial charge in [0.1, 0.15) is 11.5 Å². The van der Waals surface area contributed by atoms with Gasteiger partial charge in [-0.2, -0.15) is 0 Å². The number of nitrogens with zero attached hydrogens (tertiary/aromatic N) is 1. The Morgan fingerprint density at radius 2 is 2.08 bits per heavy atom. The highest BCUT2D eigenvalue weighted by molar-refractivity contribution is 5.87. The number of amides is 1. The lowest BCUT2D eigenvalue weighted by molar-refractivity contribution is -0.384. The number of carbonyl (C=O) groups is 1. The first-order chi connectivity index (χ1) is 11.5. The number of carbonyl (C=O) groups excluding carboxylic acids is 1. The van der Waals surface area contributed by atoms with Crippen LogP contribution < -0.4 is 10.6 Å². The number of benzene rings is 2. The fraction of sp³-hybridized carbons (Fsp3) is 0.188. The second-order valence-electron chi connectivity index (χ2n) is 4.82. The molecule has 126 valence electrons. The van der Waals surface area contributed by atoms with Crippen molar-refractivity contribution in [2.75, 3.05) is 17.2 Å². The molecule has 0 atom stereocenters. The van der Waals surface area contributed by atoms with Gasteiger partial charge in [0.25, 0.3) is 5.69 Å². The summed E-state index contributed by atoms with van der Waals surface area (Å²) in [4.78, 5) is 22.0. The van der Waals surface area contributed by atoms with Crippen molar-refractivity contribution in [3.63, 3.8) is 0 Å². The highest BCUT2D eigenvalue weighted by Gasteiger charge is 2.17. The number of hydrogen-bond donors (Lipinski definition) is 2. The van der Waals surface area contributed by atoms with Gasteiger partial charge in [0.15, 0.2) is 0 Å². The minimum atomic E-state index is -0.758. The van der Waals surface area contributed by atoms with Crippen LogP contribution in [-0.4, -0.2) is 17.6 Å². The van der Waals surface area contributed by atoms with Crippen molar-refractivity contribution in [1.29, 1.82) is 0 Å². The standard InChI is InChI=1S/C16H16FN3O4/c1-2-24-16(21)19-14-7-6-11(8-15(14)20(22)23)10-18-13-5-3-4-12(17)9-13/h3-9,18H,2,10H2,1H3,(H,19,21). The molecule has 0 aliphatic heterocycles. The summed E-state index contributed by atoms with van der Waals surface area (Å²) < 4.78 is 17.8. The van der Waals surface area contributed by atoms with E-state index in [0.717, 1.165) is 0 Å². The summed E-state index contributed by atoms with van der Waals surface area (Å²) in [6.07, 6.45) is -0.758. The molecule has 0 saturated heterocycles. The van der Waals surface area contributed by atoms with Crippen molar-refractivity contribution in [2.45, 2.75) is 13.5 Å². The van der Waals surface area contributed by atoms with Gasteiger partial charge in [-0.05, 0) is 36.8 Å². The maximum atomic E-state index is 13.1. The third-order valence-electron chi connectivity index (χ3n) is 3.09.